The van der Waals surface area contributed by atoms with E-state index in [1.54, 1.807) is 24.3 Å². The third-order valence-electron chi connectivity index (χ3n) is 3.21. The summed E-state index contributed by atoms with van der Waals surface area (Å²) in [6.45, 7) is 2.20. The zero-order valence-electron chi connectivity index (χ0n) is 14.1. The summed E-state index contributed by atoms with van der Waals surface area (Å²) >= 11 is 3.09. The van der Waals surface area contributed by atoms with Gasteiger partial charge in [0, 0.05) is 10.8 Å². The van der Waals surface area contributed by atoms with Gasteiger partial charge in [0.2, 0.25) is 0 Å². The molecule has 4 N–H and O–H groups in total. The van der Waals surface area contributed by atoms with E-state index >= 15 is 0 Å². The van der Waals surface area contributed by atoms with E-state index in [0.717, 1.165) is 20.4 Å². The number of H-pyrrole nitrogens is 2. The number of carboxylic acid groups (broad SMARTS) is 1. The van der Waals surface area contributed by atoms with Crippen LogP contribution >= 0.6 is 22.7 Å². The minimum absolute atomic E-state index is 0. The Bertz CT molecular complexity index is 944. The first-order valence-corrected chi connectivity index (χ1v) is 8.87. The van der Waals surface area contributed by atoms with E-state index in [4.69, 9.17) is 9.84 Å². The monoisotopic (exact) mass is 418 g/mol. The molecule has 0 saturated heterocycles. The molecule has 0 aliphatic carbocycles. The van der Waals surface area contributed by atoms with Gasteiger partial charge in [0.15, 0.2) is 0 Å². The number of carbonyl (C=O) groups excluding carboxylic acids is 1. The van der Waals surface area contributed by atoms with E-state index < -0.39 is 5.97 Å². The van der Waals surface area contributed by atoms with Gasteiger partial charge in [-0.05, 0) is 41.9 Å². The van der Waals surface area contributed by atoms with Gasteiger partial charge < -0.3 is 25.3 Å². The Morgan fingerprint density at radius 1 is 1.04 bits per heavy atom. The molecule has 4 rings (SSSR count). The molecule has 0 fully saturated rings. The number of hydrogen-bond acceptors (Lipinski definition) is 6. The predicted molar refractivity (Wildman–Crippen MR) is 97.2 cm³/mol. The molecule has 0 aliphatic heterocycles. The van der Waals surface area contributed by atoms with Gasteiger partial charge in [-0.15, -0.1) is 22.7 Å². The van der Waals surface area contributed by atoms with Crippen molar-refractivity contribution in [1.82, 2.24) is 9.97 Å². The van der Waals surface area contributed by atoms with Crippen molar-refractivity contribution in [2.24, 2.45) is 0 Å². The van der Waals surface area contributed by atoms with Crippen LogP contribution < -0.4 is 51.4 Å². The quantitative estimate of drug-likeness (QED) is 0.340. The Labute approximate surface area is 199 Å². The van der Waals surface area contributed by atoms with Crippen LogP contribution in [0.25, 0.3) is 20.4 Å². The number of carboxylic acids is 1. The molecule has 0 radical (unpaired) electrons. The molecule has 0 unspecified atom stereocenters. The van der Waals surface area contributed by atoms with Gasteiger partial charge in [0.1, 0.15) is 21.0 Å². The molecule has 0 aliphatic rings. The fraction of sp³-hybridized carbons (Fsp3) is 0.125. The Morgan fingerprint density at radius 3 is 2.00 bits per heavy atom. The van der Waals surface area contributed by atoms with Gasteiger partial charge >= 0.3 is 63.3 Å². The van der Waals surface area contributed by atoms with Crippen LogP contribution in [0.5, 0.6) is 0 Å². The molecule has 132 valence electrons. The zero-order chi connectivity index (χ0) is 17.1. The average molecular weight is 419 g/mol. The van der Waals surface area contributed by atoms with E-state index in [-0.39, 0.29) is 68.5 Å². The Kier molecular flexibility index (Phi) is 9.20. The normalized spacial score (nSPS) is 9.73. The second kappa shape index (κ2) is 10.4. The second-order valence-corrected chi connectivity index (χ2v) is 6.63. The minimum Gasteiger partial charge on any atom is -0.870 e. The summed E-state index contributed by atoms with van der Waals surface area (Å²) in [7, 11) is 0. The van der Waals surface area contributed by atoms with Crippen LogP contribution in [-0.4, -0.2) is 39.1 Å². The smallest absolute Gasteiger partial charge is 0.870 e. The number of esters is 1. The SMILES string of the molecule is CCOC(=O)c1cc2ccsc2[nH]1.O=C(O)c1cc2ccsc2[nH]1.[K+].[OH-]. The van der Waals surface area contributed by atoms with Crippen LogP contribution in [0.3, 0.4) is 0 Å². The molecule has 26 heavy (non-hydrogen) atoms. The summed E-state index contributed by atoms with van der Waals surface area (Å²) < 4.78 is 4.86. The van der Waals surface area contributed by atoms with Gasteiger partial charge in [-0.25, -0.2) is 9.59 Å². The Balaban J connectivity index is 0.000000244. The summed E-state index contributed by atoms with van der Waals surface area (Å²) in [5.74, 6) is -1.20. The van der Waals surface area contributed by atoms with Gasteiger partial charge in [-0.1, -0.05) is 0 Å². The number of rotatable bonds is 3. The molecule has 0 aromatic carbocycles. The van der Waals surface area contributed by atoms with Crippen molar-refractivity contribution in [1.29, 1.82) is 0 Å². The van der Waals surface area contributed by atoms with Gasteiger partial charge in [0.05, 0.1) is 6.61 Å². The molecule has 0 spiro atoms. The van der Waals surface area contributed by atoms with Crippen LogP contribution in [0.1, 0.15) is 27.9 Å². The predicted octanol–water partition coefficient (Wildman–Crippen LogP) is 1.16. The van der Waals surface area contributed by atoms with E-state index in [1.165, 1.54) is 11.3 Å². The number of ether oxygens (including phenoxy) is 1. The molecular weight excluding hydrogens is 403 g/mol. The Morgan fingerprint density at radius 2 is 1.54 bits per heavy atom. The molecular formula is C16H15KN2O5S2. The van der Waals surface area contributed by atoms with Crippen molar-refractivity contribution in [3.05, 3.63) is 46.4 Å². The van der Waals surface area contributed by atoms with Crippen LogP contribution in [0.4, 0.5) is 0 Å². The van der Waals surface area contributed by atoms with E-state index in [2.05, 4.69) is 9.97 Å². The fourth-order valence-corrected chi connectivity index (χ4v) is 3.70. The first kappa shape index (κ1) is 23.1. The summed E-state index contributed by atoms with van der Waals surface area (Å²) in [6, 6.07) is 7.31. The minimum atomic E-state index is -0.909. The van der Waals surface area contributed by atoms with Crippen molar-refractivity contribution < 1.29 is 76.3 Å². The third kappa shape index (κ3) is 5.27. The molecule has 0 atom stereocenters. The number of nitrogens with one attached hydrogen (secondary N) is 2. The first-order valence-electron chi connectivity index (χ1n) is 7.11. The van der Waals surface area contributed by atoms with Crippen LogP contribution in [0.2, 0.25) is 0 Å². The van der Waals surface area contributed by atoms with Crippen LogP contribution in [0.15, 0.2) is 35.0 Å². The van der Waals surface area contributed by atoms with Crippen LogP contribution in [-0.2, 0) is 4.74 Å². The number of aromatic nitrogens is 2. The number of hydrogen-bond donors (Lipinski definition) is 3. The van der Waals surface area contributed by atoms with E-state index in [9.17, 15) is 9.59 Å². The van der Waals surface area contributed by atoms with Crippen molar-refractivity contribution in [3.8, 4) is 0 Å². The molecule has 4 heterocycles. The van der Waals surface area contributed by atoms with Gasteiger partial charge in [-0.2, -0.15) is 0 Å². The maximum atomic E-state index is 11.3. The third-order valence-corrected chi connectivity index (χ3v) is 4.90. The van der Waals surface area contributed by atoms with Crippen molar-refractivity contribution >= 4 is 55.0 Å². The summed E-state index contributed by atoms with van der Waals surface area (Å²) in [4.78, 5) is 29.4. The van der Waals surface area contributed by atoms with Crippen molar-refractivity contribution in [3.63, 3.8) is 0 Å². The van der Waals surface area contributed by atoms with Gasteiger partial charge in [-0.3, -0.25) is 0 Å². The number of aromatic amines is 2. The molecule has 0 bridgehead atoms. The molecule has 4 aromatic heterocycles. The Hall–Kier alpha value is -0.984. The largest absolute Gasteiger partial charge is 1.00 e. The van der Waals surface area contributed by atoms with Crippen LogP contribution in [0, 0.1) is 0 Å². The molecule has 4 aromatic rings. The first-order chi connectivity index (χ1) is 11.6. The molecule has 0 saturated carbocycles. The average Bonchev–Trinajstić information content (AvgIpc) is 3.27. The van der Waals surface area contributed by atoms with Crippen molar-refractivity contribution in [2.75, 3.05) is 6.61 Å². The maximum Gasteiger partial charge on any atom is 1.00 e. The number of aromatic carboxylic acids is 1. The van der Waals surface area contributed by atoms with E-state index in [1.807, 2.05) is 29.0 Å². The summed E-state index contributed by atoms with van der Waals surface area (Å²) in [5.41, 5.74) is 0.788. The molecule has 10 heteroatoms. The number of fused-ring (bicyclic) bond motifs is 2. The van der Waals surface area contributed by atoms with E-state index in [0.29, 0.717) is 12.3 Å². The fourth-order valence-electron chi connectivity index (χ4n) is 2.13. The topological polar surface area (TPSA) is 125 Å². The van der Waals surface area contributed by atoms with Gasteiger partial charge in [0.25, 0.3) is 0 Å². The summed E-state index contributed by atoms with van der Waals surface area (Å²) in [5, 5.41) is 14.5. The van der Waals surface area contributed by atoms with Crippen molar-refractivity contribution in [2.45, 2.75) is 6.92 Å². The molecule has 7 nitrogen and oxygen atoms in total. The zero-order valence-corrected chi connectivity index (χ0v) is 18.9. The standard InChI is InChI=1S/C9H9NO2S.C7H5NO2S.K.H2O/c1-2-12-9(11)7-5-6-3-4-13-8(6)10-7;9-7(10)5-3-4-1-2-11-6(4)8-5;;/h3-5,10H,2H2,1H3;1-3,8H,(H,9,10);;1H2/q;;+1;/p-1. The number of carbonyl (C=O) groups is 2. The maximum absolute atomic E-state index is 11.3. The second-order valence-electron chi connectivity index (χ2n) is 4.80. The summed E-state index contributed by atoms with van der Waals surface area (Å²) in [6.07, 6.45) is 0. The number of thiophene rings is 2. The molecule has 0 amide bonds.